The summed E-state index contributed by atoms with van der Waals surface area (Å²) >= 11 is 1.74. The SMILES string of the molecule is Cc1cc(C(=O)N2CCC(C#N)CC2)c(C)n1Cc1cccs1. The second-order valence-electron chi connectivity index (χ2n) is 6.15. The fraction of sp³-hybridized carbons (Fsp3) is 0.444. The van der Waals surface area contributed by atoms with Crippen molar-refractivity contribution in [1.29, 1.82) is 5.26 Å². The van der Waals surface area contributed by atoms with Gasteiger partial charge in [0.2, 0.25) is 0 Å². The molecular weight excluding hydrogens is 306 g/mol. The highest BCUT2D eigenvalue weighted by molar-refractivity contribution is 7.09. The Balaban J connectivity index is 1.78. The van der Waals surface area contributed by atoms with Crippen LogP contribution in [0.15, 0.2) is 23.6 Å². The fourth-order valence-electron chi connectivity index (χ4n) is 3.20. The summed E-state index contributed by atoms with van der Waals surface area (Å²) < 4.78 is 2.21. The molecule has 2 aromatic rings. The Morgan fingerprint density at radius 3 is 2.74 bits per heavy atom. The lowest BCUT2D eigenvalue weighted by molar-refractivity contribution is 0.0706. The lowest BCUT2D eigenvalue weighted by Gasteiger charge is -2.29. The van der Waals surface area contributed by atoms with Gasteiger partial charge < -0.3 is 9.47 Å². The molecule has 0 atom stereocenters. The van der Waals surface area contributed by atoms with Gasteiger partial charge in [-0.15, -0.1) is 11.3 Å². The van der Waals surface area contributed by atoms with Gasteiger partial charge in [-0.25, -0.2) is 0 Å². The summed E-state index contributed by atoms with van der Waals surface area (Å²) in [6, 6.07) is 8.49. The molecule has 1 fully saturated rings. The van der Waals surface area contributed by atoms with Crippen molar-refractivity contribution in [3.8, 4) is 6.07 Å². The lowest BCUT2D eigenvalue weighted by atomic mass is 9.98. The molecule has 4 nitrogen and oxygen atoms in total. The number of carbonyl (C=O) groups excluding carboxylic acids is 1. The van der Waals surface area contributed by atoms with Gasteiger partial charge in [0.1, 0.15) is 0 Å². The van der Waals surface area contributed by atoms with Gasteiger partial charge in [-0.05, 0) is 44.2 Å². The summed E-state index contributed by atoms with van der Waals surface area (Å²) in [4.78, 5) is 16.0. The average molecular weight is 327 g/mol. The Bertz CT molecular complexity index is 731. The predicted molar refractivity (Wildman–Crippen MR) is 91.6 cm³/mol. The van der Waals surface area contributed by atoms with Crippen LogP contribution in [-0.2, 0) is 6.54 Å². The molecule has 0 unspecified atom stereocenters. The van der Waals surface area contributed by atoms with Crippen LogP contribution in [0, 0.1) is 31.1 Å². The molecule has 5 heteroatoms. The molecule has 2 aromatic heterocycles. The molecule has 0 saturated carbocycles. The van der Waals surface area contributed by atoms with Crippen molar-refractivity contribution in [2.75, 3.05) is 13.1 Å². The van der Waals surface area contributed by atoms with Crippen molar-refractivity contribution >= 4 is 17.2 Å². The topological polar surface area (TPSA) is 49.0 Å². The van der Waals surface area contributed by atoms with Gasteiger partial charge in [0, 0.05) is 35.3 Å². The summed E-state index contributed by atoms with van der Waals surface area (Å²) in [6.07, 6.45) is 1.58. The summed E-state index contributed by atoms with van der Waals surface area (Å²) in [5.41, 5.74) is 2.95. The van der Waals surface area contributed by atoms with Crippen LogP contribution in [0.25, 0.3) is 0 Å². The third kappa shape index (κ3) is 3.18. The minimum atomic E-state index is 0.102. The number of piperidine rings is 1. The molecule has 3 rings (SSSR count). The number of nitriles is 1. The molecule has 23 heavy (non-hydrogen) atoms. The molecule has 1 aliphatic heterocycles. The van der Waals surface area contributed by atoms with Crippen LogP contribution >= 0.6 is 11.3 Å². The van der Waals surface area contributed by atoms with Crippen LogP contribution < -0.4 is 0 Å². The van der Waals surface area contributed by atoms with Crippen LogP contribution in [0.4, 0.5) is 0 Å². The second-order valence-corrected chi connectivity index (χ2v) is 7.18. The summed E-state index contributed by atoms with van der Waals surface area (Å²) in [7, 11) is 0. The van der Waals surface area contributed by atoms with Gasteiger partial charge in [-0.2, -0.15) is 5.26 Å². The van der Waals surface area contributed by atoms with Crippen molar-refractivity contribution in [2.24, 2.45) is 5.92 Å². The minimum Gasteiger partial charge on any atom is -0.343 e. The number of hydrogen-bond acceptors (Lipinski definition) is 3. The van der Waals surface area contributed by atoms with Crippen molar-refractivity contribution < 1.29 is 4.79 Å². The number of nitrogens with zero attached hydrogens (tertiary/aromatic N) is 3. The zero-order valence-electron chi connectivity index (χ0n) is 13.6. The molecular formula is C18H21N3OS. The van der Waals surface area contributed by atoms with Crippen LogP contribution in [-0.4, -0.2) is 28.5 Å². The molecule has 3 heterocycles. The molecule has 120 valence electrons. The maximum Gasteiger partial charge on any atom is 0.255 e. The maximum atomic E-state index is 12.8. The zero-order chi connectivity index (χ0) is 16.4. The number of likely N-dealkylation sites (tertiary alicyclic amines) is 1. The second kappa shape index (κ2) is 6.59. The van der Waals surface area contributed by atoms with E-state index in [4.69, 9.17) is 5.26 Å². The highest BCUT2D eigenvalue weighted by atomic mass is 32.1. The number of aryl methyl sites for hydroxylation is 1. The van der Waals surface area contributed by atoms with Crippen LogP contribution in [0.2, 0.25) is 0 Å². The third-order valence-corrected chi connectivity index (χ3v) is 5.52. The molecule has 0 aliphatic carbocycles. The number of amides is 1. The van der Waals surface area contributed by atoms with E-state index >= 15 is 0 Å². The Hall–Kier alpha value is -2.06. The predicted octanol–water partition coefficient (Wildman–Crippen LogP) is 3.59. The Kier molecular flexibility index (Phi) is 4.53. The first-order valence-electron chi connectivity index (χ1n) is 7.98. The van der Waals surface area contributed by atoms with Gasteiger partial charge in [0.25, 0.3) is 5.91 Å². The third-order valence-electron chi connectivity index (χ3n) is 4.66. The standard InChI is InChI=1S/C18H21N3OS/c1-13-10-17(14(2)21(13)12-16-4-3-9-23-16)18(22)20-7-5-15(11-19)6-8-20/h3-4,9-10,15H,5-8,12H2,1-2H3. The molecule has 0 spiro atoms. The highest BCUT2D eigenvalue weighted by Crippen LogP contribution is 2.23. The van der Waals surface area contributed by atoms with E-state index in [1.165, 1.54) is 4.88 Å². The first-order valence-corrected chi connectivity index (χ1v) is 8.86. The minimum absolute atomic E-state index is 0.102. The molecule has 1 aliphatic rings. The quantitative estimate of drug-likeness (QED) is 0.865. The van der Waals surface area contributed by atoms with Crippen molar-refractivity contribution in [2.45, 2.75) is 33.2 Å². The Labute approximate surface area is 141 Å². The number of thiophene rings is 1. The summed E-state index contributed by atoms with van der Waals surface area (Å²) in [5.74, 6) is 0.206. The van der Waals surface area contributed by atoms with Crippen LogP contribution in [0.3, 0.4) is 0 Å². The van der Waals surface area contributed by atoms with Gasteiger partial charge in [0.15, 0.2) is 0 Å². The molecule has 0 bridgehead atoms. The normalized spacial score (nSPS) is 15.6. The number of hydrogen-bond donors (Lipinski definition) is 0. The van der Waals surface area contributed by atoms with E-state index in [-0.39, 0.29) is 11.8 Å². The first kappa shape index (κ1) is 15.8. The van der Waals surface area contributed by atoms with Crippen molar-refractivity contribution in [3.63, 3.8) is 0 Å². The molecule has 0 aromatic carbocycles. The summed E-state index contributed by atoms with van der Waals surface area (Å²) in [6.45, 7) is 6.27. The lowest BCUT2D eigenvalue weighted by Crippen LogP contribution is -2.38. The van der Waals surface area contributed by atoms with E-state index in [0.717, 1.165) is 36.3 Å². The van der Waals surface area contributed by atoms with Gasteiger partial charge >= 0.3 is 0 Å². The molecule has 0 radical (unpaired) electrons. The molecule has 1 saturated heterocycles. The maximum absolute atomic E-state index is 12.8. The monoisotopic (exact) mass is 327 g/mol. The Morgan fingerprint density at radius 2 is 2.13 bits per heavy atom. The smallest absolute Gasteiger partial charge is 0.255 e. The van der Waals surface area contributed by atoms with Gasteiger partial charge in [0.05, 0.1) is 18.2 Å². The zero-order valence-corrected chi connectivity index (χ0v) is 14.4. The van der Waals surface area contributed by atoms with Gasteiger partial charge in [-0.1, -0.05) is 6.07 Å². The van der Waals surface area contributed by atoms with E-state index in [1.54, 1.807) is 11.3 Å². The van der Waals surface area contributed by atoms with Crippen molar-refractivity contribution in [1.82, 2.24) is 9.47 Å². The van der Waals surface area contributed by atoms with Gasteiger partial charge in [-0.3, -0.25) is 4.79 Å². The van der Waals surface area contributed by atoms with Crippen LogP contribution in [0.1, 0.15) is 39.5 Å². The van der Waals surface area contributed by atoms with E-state index < -0.39 is 0 Å². The van der Waals surface area contributed by atoms with Crippen molar-refractivity contribution in [3.05, 3.63) is 45.4 Å². The van der Waals surface area contributed by atoms with E-state index in [1.807, 2.05) is 17.9 Å². The van der Waals surface area contributed by atoms with E-state index in [0.29, 0.717) is 13.1 Å². The average Bonchev–Trinajstić information content (AvgIpc) is 3.18. The molecule has 1 amide bonds. The number of aromatic nitrogens is 1. The number of rotatable bonds is 3. The fourth-order valence-corrected chi connectivity index (χ4v) is 3.89. The van der Waals surface area contributed by atoms with Crippen LogP contribution in [0.5, 0.6) is 0 Å². The number of carbonyl (C=O) groups is 1. The molecule has 0 N–H and O–H groups in total. The van der Waals surface area contributed by atoms with E-state index in [9.17, 15) is 4.79 Å². The largest absolute Gasteiger partial charge is 0.343 e. The summed E-state index contributed by atoms with van der Waals surface area (Å²) in [5, 5.41) is 11.1. The first-order chi connectivity index (χ1) is 11.1. The Morgan fingerprint density at radius 1 is 1.39 bits per heavy atom. The highest BCUT2D eigenvalue weighted by Gasteiger charge is 2.26. The van der Waals surface area contributed by atoms with E-state index in [2.05, 4.69) is 35.1 Å².